The van der Waals surface area contributed by atoms with Crippen molar-refractivity contribution in [3.8, 4) is 5.75 Å². The number of hydrogen-bond acceptors (Lipinski definition) is 4. The summed E-state index contributed by atoms with van der Waals surface area (Å²) in [5.41, 5.74) is 0.0435. The normalized spacial score (nSPS) is 22.3. The van der Waals surface area contributed by atoms with Crippen molar-refractivity contribution in [2.24, 2.45) is 0 Å². The quantitative estimate of drug-likeness (QED) is 0.670. The highest BCUT2D eigenvalue weighted by atomic mass is 79.9. The lowest BCUT2D eigenvalue weighted by molar-refractivity contribution is -0.385. The van der Waals surface area contributed by atoms with Gasteiger partial charge in [0.1, 0.15) is 11.9 Å². The Hall–Kier alpha value is -1.14. The first-order chi connectivity index (χ1) is 8.58. The Bertz CT molecular complexity index is 447. The molecule has 1 aromatic carbocycles. The monoisotopic (exact) mass is 314 g/mol. The summed E-state index contributed by atoms with van der Waals surface area (Å²) in [6.45, 7) is 3.03. The number of nitrogens with zero attached hydrogens (tertiary/aromatic N) is 1. The molecule has 0 aliphatic heterocycles. The molecule has 1 saturated carbocycles. The first-order valence-electron chi connectivity index (χ1n) is 5.93. The molecule has 1 fully saturated rings. The minimum atomic E-state index is -0.417. The number of ether oxygens (including phenoxy) is 1. The largest absolute Gasteiger partial charge is 0.490 e. The average molecular weight is 315 g/mol. The van der Waals surface area contributed by atoms with Gasteiger partial charge < -0.3 is 10.1 Å². The number of non-ortho nitro benzene ring substituents is 1. The maximum Gasteiger partial charge on any atom is 0.274 e. The molecule has 2 rings (SSSR count). The fraction of sp³-hybridized carbons (Fsp3) is 0.500. The molecular weight excluding hydrogens is 300 g/mol. The van der Waals surface area contributed by atoms with E-state index in [-0.39, 0.29) is 11.8 Å². The summed E-state index contributed by atoms with van der Waals surface area (Å²) in [6.07, 6.45) is 2.06. The number of hydrogen-bond donors (Lipinski definition) is 1. The maximum absolute atomic E-state index is 10.7. The van der Waals surface area contributed by atoms with Crippen LogP contribution in [0.2, 0.25) is 0 Å². The number of nitro groups is 1. The molecule has 1 aliphatic carbocycles. The van der Waals surface area contributed by atoms with Gasteiger partial charge in [-0.1, -0.05) is 22.9 Å². The fourth-order valence-electron chi connectivity index (χ4n) is 2.03. The van der Waals surface area contributed by atoms with Crippen LogP contribution >= 0.6 is 15.9 Å². The third-order valence-electron chi connectivity index (χ3n) is 2.96. The van der Waals surface area contributed by atoms with Crippen LogP contribution in [0.3, 0.4) is 0 Å². The van der Waals surface area contributed by atoms with E-state index in [0.29, 0.717) is 16.3 Å². The van der Waals surface area contributed by atoms with Crippen LogP contribution < -0.4 is 10.1 Å². The van der Waals surface area contributed by atoms with Crippen molar-refractivity contribution in [3.05, 3.63) is 32.8 Å². The zero-order valence-electron chi connectivity index (χ0n) is 10.1. The lowest BCUT2D eigenvalue weighted by Gasteiger charge is -2.35. The second-order valence-corrected chi connectivity index (χ2v) is 5.28. The number of nitrogens with one attached hydrogen (secondary N) is 1. The van der Waals surface area contributed by atoms with Gasteiger partial charge in [0.05, 0.1) is 11.0 Å². The second kappa shape index (κ2) is 5.67. The van der Waals surface area contributed by atoms with Gasteiger partial charge in [0.15, 0.2) is 0 Å². The predicted molar refractivity (Wildman–Crippen MR) is 71.9 cm³/mol. The molecule has 0 radical (unpaired) electrons. The van der Waals surface area contributed by atoms with Crippen molar-refractivity contribution < 1.29 is 9.66 Å². The fourth-order valence-corrected chi connectivity index (χ4v) is 2.49. The molecule has 1 aromatic rings. The number of rotatable bonds is 5. The van der Waals surface area contributed by atoms with Crippen LogP contribution in [0.15, 0.2) is 22.7 Å². The molecule has 18 heavy (non-hydrogen) atoms. The molecular formula is C12H15BrN2O3. The summed E-state index contributed by atoms with van der Waals surface area (Å²) < 4.78 is 6.39. The Morgan fingerprint density at radius 3 is 2.83 bits per heavy atom. The molecule has 0 aromatic heterocycles. The van der Waals surface area contributed by atoms with Gasteiger partial charge in [-0.3, -0.25) is 10.1 Å². The van der Waals surface area contributed by atoms with Crippen LogP contribution in [0, 0.1) is 10.1 Å². The van der Waals surface area contributed by atoms with Crippen molar-refractivity contribution in [3.63, 3.8) is 0 Å². The molecule has 0 heterocycles. The minimum absolute atomic E-state index is 0.0435. The Morgan fingerprint density at radius 2 is 2.22 bits per heavy atom. The highest BCUT2D eigenvalue weighted by molar-refractivity contribution is 9.10. The minimum Gasteiger partial charge on any atom is -0.490 e. The lowest BCUT2D eigenvalue weighted by Crippen LogP contribution is -2.46. The van der Waals surface area contributed by atoms with Crippen molar-refractivity contribution in [2.75, 3.05) is 6.54 Å². The molecule has 98 valence electrons. The molecule has 6 heteroatoms. The summed E-state index contributed by atoms with van der Waals surface area (Å²) in [5, 5.41) is 14.1. The Labute approximate surface area is 114 Å². The first-order valence-corrected chi connectivity index (χ1v) is 6.72. The van der Waals surface area contributed by atoms with Crippen molar-refractivity contribution in [1.82, 2.24) is 5.32 Å². The van der Waals surface area contributed by atoms with Crippen LogP contribution in [0.1, 0.15) is 19.8 Å². The molecule has 0 bridgehead atoms. The average Bonchev–Trinajstić information content (AvgIpc) is 2.25. The number of nitro benzene ring substituents is 1. The van der Waals surface area contributed by atoms with Crippen LogP contribution in [0.4, 0.5) is 5.69 Å². The first kappa shape index (κ1) is 13.3. The zero-order chi connectivity index (χ0) is 13.1. The third kappa shape index (κ3) is 3.20. The summed E-state index contributed by atoms with van der Waals surface area (Å²) in [7, 11) is 0. The third-order valence-corrected chi connectivity index (χ3v) is 3.42. The van der Waals surface area contributed by atoms with Gasteiger partial charge in [-0.25, -0.2) is 0 Å². The van der Waals surface area contributed by atoms with E-state index in [1.54, 1.807) is 6.07 Å². The molecule has 0 saturated heterocycles. The predicted octanol–water partition coefficient (Wildman–Crippen LogP) is 2.88. The molecule has 0 amide bonds. The van der Waals surface area contributed by atoms with Crippen LogP contribution in [-0.4, -0.2) is 23.6 Å². The molecule has 1 aliphatic rings. The SMILES string of the molecule is CCNC1CC(Oc2cc(Br)cc([N+](=O)[O-])c2)C1. The van der Waals surface area contributed by atoms with Crippen molar-refractivity contribution in [2.45, 2.75) is 31.9 Å². The van der Waals surface area contributed by atoms with E-state index in [2.05, 4.69) is 28.2 Å². The van der Waals surface area contributed by atoms with Gasteiger partial charge in [0, 0.05) is 16.6 Å². The molecule has 1 N–H and O–H groups in total. The topological polar surface area (TPSA) is 64.4 Å². The number of benzene rings is 1. The Morgan fingerprint density at radius 1 is 1.50 bits per heavy atom. The highest BCUT2D eigenvalue weighted by Gasteiger charge is 2.30. The van der Waals surface area contributed by atoms with E-state index in [1.807, 2.05) is 0 Å². The van der Waals surface area contributed by atoms with E-state index >= 15 is 0 Å². The highest BCUT2D eigenvalue weighted by Crippen LogP contribution is 2.30. The van der Waals surface area contributed by atoms with E-state index in [1.165, 1.54) is 12.1 Å². The molecule has 0 spiro atoms. The van der Waals surface area contributed by atoms with Crippen LogP contribution in [0.5, 0.6) is 5.75 Å². The van der Waals surface area contributed by atoms with Crippen LogP contribution in [-0.2, 0) is 0 Å². The number of halogens is 1. The second-order valence-electron chi connectivity index (χ2n) is 4.37. The van der Waals surface area contributed by atoms with Gasteiger partial charge in [0.2, 0.25) is 0 Å². The van der Waals surface area contributed by atoms with E-state index in [0.717, 1.165) is 19.4 Å². The van der Waals surface area contributed by atoms with Gasteiger partial charge in [0.25, 0.3) is 5.69 Å². The van der Waals surface area contributed by atoms with Gasteiger partial charge in [-0.15, -0.1) is 0 Å². The Kier molecular flexibility index (Phi) is 4.19. The van der Waals surface area contributed by atoms with E-state index in [4.69, 9.17) is 4.74 Å². The van der Waals surface area contributed by atoms with E-state index in [9.17, 15) is 10.1 Å². The Balaban J connectivity index is 1.96. The molecule has 5 nitrogen and oxygen atoms in total. The summed E-state index contributed by atoms with van der Waals surface area (Å²) in [4.78, 5) is 10.3. The zero-order valence-corrected chi connectivity index (χ0v) is 11.6. The van der Waals surface area contributed by atoms with Gasteiger partial charge in [-0.2, -0.15) is 0 Å². The lowest BCUT2D eigenvalue weighted by atomic mass is 9.89. The maximum atomic E-state index is 10.7. The summed E-state index contributed by atoms with van der Waals surface area (Å²) in [6, 6.07) is 5.20. The standard InChI is InChI=1S/C12H15BrN2O3/c1-2-14-9-5-12(6-9)18-11-4-8(13)3-10(7-11)15(16)17/h3-4,7,9,12,14H,2,5-6H2,1H3. The van der Waals surface area contributed by atoms with Crippen molar-refractivity contribution in [1.29, 1.82) is 0 Å². The molecule has 0 unspecified atom stereocenters. The van der Waals surface area contributed by atoms with E-state index < -0.39 is 4.92 Å². The van der Waals surface area contributed by atoms with Crippen LogP contribution in [0.25, 0.3) is 0 Å². The van der Waals surface area contributed by atoms with Gasteiger partial charge in [-0.05, 0) is 25.5 Å². The summed E-state index contributed by atoms with van der Waals surface area (Å²) in [5.74, 6) is 0.552. The smallest absolute Gasteiger partial charge is 0.274 e. The van der Waals surface area contributed by atoms with Gasteiger partial charge >= 0.3 is 0 Å². The molecule has 0 atom stereocenters. The van der Waals surface area contributed by atoms with Crippen molar-refractivity contribution >= 4 is 21.6 Å². The summed E-state index contributed by atoms with van der Waals surface area (Å²) >= 11 is 3.25.